The van der Waals surface area contributed by atoms with Crippen LogP contribution < -0.4 is 9.47 Å². The molecule has 2 aromatic carbocycles. The number of carbonyl (C=O) groups excluding carboxylic acids is 1. The highest BCUT2D eigenvalue weighted by Gasteiger charge is 2.35. The van der Waals surface area contributed by atoms with Gasteiger partial charge in [-0.1, -0.05) is 30.3 Å². The van der Waals surface area contributed by atoms with Crippen molar-refractivity contribution in [2.75, 3.05) is 20.8 Å². The van der Waals surface area contributed by atoms with Gasteiger partial charge >= 0.3 is 0 Å². The third-order valence-electron chi connectivity index (χ3n) is 5.31. The molecule has 0 radical (unpaired) electrons. The van der Waals surface area contributed by atoms with Crippen LogP contribution in [-0.2, 0) is 6.42 Å². The van der Waals surface area contributed by atoms with Crippen molar-refractivity contribution in [1.82, 2.24) is 4.90 Å². The molecule has 0 N–H and O–H groups in total. The maximum atomic E-state index is 13.3. The normalized spacial score (nSPS) is 15.8. The number of furan rings is 1. The lowest BCUT2D eigenvalue weighted by atomic mass is 9.87. The predicted molar refractivity (Wildman–Crippen MR) is 106 cm³/mol. The summed E-state index contributed by atoms with van der Waals surface area (Å²) in [5.74, 6) is 1.65. The minimum Gasteiger partial charge on any atom is -0.493 e. The lowest BCUT2D eigenvalue weighted by Crippen LogP contribution is -2.40. The molecule has 3 aromatic rings. The Kier molecular flexibility index (Phi) is 4.82. The second-order valence-corrected chi connectivity index (χ2v) is 6.90. The summed E-state index contributed by atoms with van der Waals surface area (Å²) < 4.78 is 16.5. The number of aryl methyl sites for hydroxylation is 1. The maximum Gasteiger partial charge on any atom is 0.290 e. The average molecular weight is 377 g/mol. The van der Waals surface area contributed by atoms with Crippen LogP contribution in [0, 0.1) is 6.92 Å². The molecule has 1 aliphatic heterocycles. The van der Waals surface area contributed by atoms with Crippen LogP contribution in [0.25, 0.3) is 0 Å². The summed E-state index contributed by atoms with van der Waals surface area (Å²) in [5.41, 5.74) is 4.10. The van der Waals surface area contributed by atoms with Crippen LogP contribution in [0.2, 0.25) is 0 Å². The molecule has 0 fully saturated rings. The van der Waals surface area contributed by atoms with Crippen molar-refractivity contribution >= 4 is 5.91 Å². The Morgan fingerprint density at radius 1 is 1.07 bits per heavy atom. The lowest BCUT2D eigenvalue weighted by molar-refractivity contribution is 0.0660. The number of hydrogen-bond acceptors (Lipinski definition) is 4. The van der Waals surface area contributed by atoms with Crippen molar-refractivity contribution in [2.45, 2.75) is 19.4 Å². The van der Waals surface area contributed by atoms with Crippen molar-refractivity contribution in [2.24, 2.45) is 0 Å². The van der Waals surface area contributed by atoms with Gasteiger partial charge in [0.2, 0.25) is 0 Å². The van der Waals surface area contributed by atoms with Crippen molar-refractivity contribution in [3.05, 3.63) is 82.8 Å². The molecule has 5 heteroatoms. The summed E-state index contributed by atoms with van der Waals surface area (Å²) in [6.45, 7) is 2.49. The average Bonchev–Trinajstić information content (AvgIpc) is 3.17. The fourth-order valence-corrected chi connectivity index (χ4v) is 3.88. The minimum absolute atomic E-state index is 0.100. The molecule has 1 aromatic heterocycles. The quantitative estimate of drug-likeness (QED) is 0.677. The Labute approximate surface area is 164 Å². The third-order valence-corrected chi connectivity index (χ3v) is 5.31. The summed E-state index contributed by atoms with van der Waals surface area (Å²) in [6.07, 6.45) is 2.30. The van der Waals surface area contributed by atoms with E-state index in [9.17, 15) is 4.79 Å². The zero-order valence-corrected chi connectivity index (χ0v) is 16.3. The molecule has 0 saturated heterocycles. The SMILES string of the molecule is COc1cc2c(cc1OC)C(c1ccccc1)N(C(=O)c1occc1C)CC2. The molecule has 2 heterocycles. The number of carbonyl (C=O) groups is 1. The molecule has 5 nitrogen and oxygen atoms in total. The molecular weight excluding hydrogens is 354 g/mol. The zero-order chi connectivity index (χ0) is 19.7. The monoisotopic (exact) mass is 377 g/mol. The first-order valence-corrected chi connectivity index (χ1v) is 9.29. The molecular formula is C23H23NO4. The van der Waals surface area contributed by atoms with Gasteiger partial charge in [-0.15, -0.1) is 0 Å². The molecule has 0 bridgehead atoms. The maximum absolute atomic E-state index is 13.3. The van der Waals surface area contributed by atoms with E-state index >= 15 is 0 Å². The third kappa shape index (κ3) is 3.03. The topological polar surface area (TPSA) is 51.9 Å². The summed E-state index contributed by atoms with van der Waals surface area (Å²) in [5, 5.41) is 0. The Morgan fingerprint density at radius 2 is 1.79 bits per heavy atom. The van der Waals surface area contributed by atoms with E-state index in [4.69, 9.17) is 13.9 Å². The molecule has 1 aliphatic rings. The Hall–Kier alpha value is -3.21. The van der Waals surface area contributed by atoms with E-state index in [1.165, 1.54) is 0 Å². The number of nitrogens with zero attached hydrogens (tertiary/aromatic N) is 1. The highest BCUT2D eigenvalue weighted by atomic mass is 16.5. The van der Waals surface area contributed by atoms with Gasteiger partial charge in [-0.2, -0.15) is 0 Å². The largest absolute Gasteiger partial charge is 0.493 e. The number of methoxy groups -OCH3 is 2. The van der Waals surface area contributed by atoms with Gasteiger partial charge in [-0.25, -0.2) is 0 Å². The molecule has 1 amide bonds. The molecule has 4 rings (SSSR count). The van der Waals surface area contributed by atoms with Gasteiger partial charge in [0.25, 0.3) is 5.91 Å². The van der Waals surface area contributed by atoms with Crippen LogP contribution in [0.4, 0.5) is 0 Å². The van der Waals surface area contributed by atoms with E-state index in [2.05, 4.69) is 0 Å². The van der Waals surface area contributed by atoms with Crippen molar-refractivity contribution < 1.29 is 18.7 Å². The van der Waals surface area contributed by atoms with E-state index < -0.39 is 0 Å². The standard InChI is InChI=1S/C23H23NO4/c1-15-10-12-28-22(15)23(25)24-11-9-17-13-19(26-2)20(27-3)14-18(17)21(24)16-7-5-4-6-8-16/h4-8,10,12-14,21H,9,11H2,1-3H3. The minimum atomic E-state index is -0.221. The smallest absolute Gasteiger partial charge is 0.290 e. The van der Waals surface area contributed by atoms with E-state index in [1.807, 2.05) is 60.4 Å². The summed E-state index contributed by atoms with van der Waals surface area (Å²) in [6, 6.07) is 15.7. The number of fused-ring (bicyclic) bond motifs is 1. The van der Waals surface area contributed by atoms with Gasteiger partial charge in [0, 0.05) is 12.1 Å². The van der Waals surface area contributed by atoms with Crippen molar-refractivity contribution in [3.63, 3.8) is 0 Å². The fourth-order valence-electron chi connectivity index (χ4n) is 3.88. The molecule has 0 spiro atoms. The van der Waals surface area contributed by atoms with Gasteiger partial charge in [0.15, 0.2) is 17.3 Å². The van der Waals surface area contributed by atoms with E-state index in [1.54, 1.807) is 20.5 Å². The number of benzene rings is 2. The molecule has 28 heavy (non-hydrogen) atoms. The number of ether oxygens (including phenoxy) is 2. The van der Waals surface area contributed by atoms with E-state index in [-0.39, 0.29) is 11.9 Å². The van der Waals surface area contributed by atoms with Gasteiger partial charge < -0.3 is 18.8 Å². The van der Waals surface area contributed by atoms with Crippen LogP contribution in [0.15, 0.2) is 59.2 Å². The first-order valence-electron chi connectivity index (χ1n) is 9.29. The Balaban J connectivity index is 1.86. The zero-order valence-electron chi connectivity index (χ0n) is 16.3. The van der Waals surface area contributed by atoms with Crippen LogP contribution in [0.1, 0.15) is 38.9 Å². The first kappa shape index (κ1) is 18.2. The number of hydrogen-bond donors (Lipinski definition) is 0. The molecule has 0 aliphatic carbocycles. The molecule has 0 saturated carbocycles. The highest BCUT2D eigenvalue weighted by molar-refractivity contribution is 5.93. The van der Waals surface area contributed by atoms with Crippen molar-refractivity contribution in [1.29, 1.82) is 0 Å². The number of amides is 1. The van der Waals surface area contributed by atoms with Crippen LogP contribution in [-0.4, -0.2) is 31.6 Å². The predicted octanol–water partition coefficient (Wildman–Crippen LogP) is 4.39. The fraction of sp³-hybridized carbons (Fsp3) is 0.261. The van der Waals surface area contributed by atoms with E-state index in [0.717, 1.165) is 28.7 Å². The molecule has 1 unspecified atom stereocenters. The Morgan fingerprint density at radius 3 is 2.43 bits per heavy atom. The van der Waals surface area contributed by atoms with Gasteiger partial charge in [0.05, 0.1) is 26.5 Å². The summed E-state index contributed by atoms with van der Waals surface area (Å²) in [7, 11) is 3.26. The highest BCUT2D eigenvalue weighted by Crippen LogP contribution is 2.41. The molecule has 1 atom stereocenters. The summed E-state index contributed by atoms with van der Waals surface area (Å²) in [4.78, 5) is 15.2. The van der Waals surface area contributed by atoms with Crippen LogP contribution in [0.5, 0.6) is 11.5 Å². The van der Waals surface area contributed by atoms with Crippen LogP contribution >= 0.6 is 0 Å². The van der Waals surface area contributed by atoms with Gasteiger partial charge in [-0.3, -0.25) is 4.79 Å². The second kappa shape index (κ2) is 7.43. The first-order chi connectivity index (χ1) is 13.6. The summed E-state index contributed by atoms with van der Waals surface area (Å²) >= 11 is 0. The van der Waals surface area contributed by atoms with Crippen LogP contribution in [0.3, 0.4) is 0 Å². The van der Waals surface area contributed by atoms with E-state index in [0.29, 0.717) is 23.8 Å². The van der Waals surface area contributed by atoms with Gasteiger partial charge in [-0.05, 0) is 48.2 Å². The second-order valence-electron chi connectivity index (χ2n) is 6.90. The lowest BCUT2D eigenvalue weighted by Gasteiger charge is -2.37. The number of rotatable bonds is 4. The molecule has 144 valence electrons. The Bertz CT molecular complexity index is 993. The van der Waals surface area contributed by atoms with Gasteiger partial charge in [0.1, 0.15) is 0 Å². The van der Waals surface area contributed by atoms with Crippen molar-refractivity contribution in [3.8, 4) is 11.5 Å².